The van der Waals surface area contributed by atoms with Crippen molar-refractivity contribution in [1.29, 1.82) is 0 Å². The Labute approximate surface area is 155 Å². The number of carbonyl (C=O) groups is 1. The lowest BCUT2D eigenvalue weighted by Crippen LogP contribution is -3.15. The van der Waals surface area contributed by atoms with Gasteiger partial charge in [-0.2, -0.15) is 0 Å². The quantitative estimate of drug-likeness (QED) is 0.893. The number of hydrogen-bond donors (Lipinski definition) is 1. The molecule has 1 aliphatic heterocycles. The van der Waals surface area contributed by atoms with Crippen molar-refractivity contribution < 1.29 is 18.8 Å². The number of quaternary nitrogens is 1. The number of hydrogen-bond acceptors (Lipinski definition) is 3. The summed E-state index contributed by atoms with van der Waals surface area (Å²) in [7, 11) is 3.89. The Morgan fingerprint density at radius 1 is 1.27 bits per heavy atom. The minimum atomic E-state index is -0.0329. The van der Waals surface area contributed by atoms with Crippen LogP contribution in [0, 0.1) is 5.92 Å². The minimum Gasteiger partial charge on any atom is -0.497 e. The van der Waals surface area contributed by atoms with Gasteiger partial charge in [-0.25, -0.2) is 0 Å². The number of ether oxygens (including phenoxy) is 1. The van der Waals surface area contributed by atoms with Gasteiger partial charge in [-0.1, -0.05) is 19.1 Å². The van der Waals surface area contributed by atoms with E-state index in [0.717, 1.165) is 24.3 Å². The molecule has 1 unspecified atom stereocenters. The van der Waals surface area contributed by atoms with Gasteiger partial charge in [-0.15, -0.1) is 0 Å². The number of nitrogens with one attached hydrogen (secondary N) is 1. The Morgan fingerprint density at radius 3 is 2.62 bits per heavy atom. The Kier molecular flexibility index (Phi) is 5.67. The Bertz CT molecular complexity index is 711. The van der Waals surface area contributed by atoms with Crippen molar-refractivity contribution in [3.8, 4) is 5.75 Å². The van der Waals surface area contributed by atoms with Crippen LogP contribution in [0.5, 0.6) is 5.75 Å². The van der Waals surface area contributed by atoms with Crippen molar-refractivity contribution in [2.24, 2.45) is 5.92 Å². The van der Waals surface area contributed by atoms with E-state index in [9.17, 15) is 4.79 Å². The second kappa shape index (κ2) is 7.96. The molecule has 1 saturated heterocycles. The number of piperidine rings is 1. The number of nitrogens with zero attached hydrogens (tertiary/aromatic N) is 1. The van der Waals surface area contributed by atoms with Crippen molar-refractivity contribution in [2.45, 2.75) is 38.9 Å². The molecule has 26 heavy (non-hydrogen) atoms. The minimum absolute atomic E-state index is 0.0329. The molecule has 5 heteroatoms. The highest BCUT2D eigenvalue weighted by Crippen LogP contribution is 2.24. The van der Waals surface area contributed by atoms with Crippen LogP contribution in [0.15, 0.2) is 47.1 Å². The van der Waals surface area contributed by atoms with Gasteiger partial charge in [0.2, 0.25) is 0 Å². The van der Waals surface area contributed by atoms with Crippen LogP contribution in [0.1, 0.15) is 36.4 Å². The summed E-state index contributed by atoms with van der Waals surface area (Å²) in [6.45, 7) is 6.15. The molecule has 0 bridgehead atoms. The highest BCUT2D eigenvalue weighted by Gasteiger charge is 2.38. The molecular weight excluding hydrogens is 328 g/mol. The first kappa shape index (κ1) is 18.5. The van der Waals surface area contributed by atoms with Crippen LogP contribution in [0.4, 0.5) is 0 Å². The van der Waals surface area contributed by atoms with Crippen molar-refractivity contribution in [3.05, 3.63) is 54.0 Å². The van der Waals surface area contributed by atoms with Gasteiger partial charge in [0, 0.05) is 24.9 Å². The van der Waals surface area contributed by atoms with Crippen molar-refractivity contribution >= 4 is 5.91 Å². The van der Waals surface area contributed by atoms with Gasteiger partial charge in [0.05, 0.1) is 33.0 Å². The molecule has 2 heterocycles. The van der Waals surface area contributed by atoms with Gasteiger partial charge in [-0.3, -0.25) is 4.79 Å². The number of furan rings is 1. The molecule has 1 fully saturated rings. The second-order valence-corrected chi connectivity index (χ2v) is 7.49. The first-order valence-corrected chi connectivity index (χ1v) is 9.29. The molecule has 1 aromatic heterocycles. The highest BCUT2D eigenvalue weighted by atomic mass is 16.5. The Morgan fingerprint density at radius 2 is 2.00 bits per heavy atom. The summed E-state index contributed by atoms with van der Waals surface area (Å²) in [4.78, 5) is 16.7. The topological polar surface area (TPSA) is 47.1 Å². The van der Waals surface area contributed by atoms with E-state index in [1.165, 1.54) is 4.90 Å². The largest absolute Gasteiger partial charge is 0.497 e. The number of carbonyl (C=O) groups excluding carboxylic acids is 1. The SMILES string of the molecule is COc1ccc(CN(C(=O)c2ccco2)[C@@H]2C[C@H](C)[NH+](C)C[C@H]2C)cc1. The fourth-order valence-electron chi connectivity index (χ4n) is 3.88. The van der Waals surface area contributed by atoms with Gasteiger partial charge in [0.1, 0.15) is 5.75 Å². The van der Waals surface area contributed by atoms with E-state index in [0.29, 0.717) is 24.3 Å². The predicted octanol–water partition coefficient (Wildman–Crippen LogP) is 2.24. The van der Waals surface area contributed by atoms with E-state index < -0.39 is 0 Å². The number of rotatable bonds is 5. The molecule has 3 rings (SSSR count). The van der Waals surface area contributed by atoms with E-state index in [-0.39, 0.29) is 11.9 Å². The van der Waals surface area contributed by atoms with Gasteiger partial charge >= 0.3 is 0 Å². The van der Waals surface area contributed by atoms with Crippen molar-refractivity contribution in [1.82, 2.24) is 4.90 Å². The lowest BCUT2D eigenvalue weighted by atomic mass is 9.88. The molecule has 1 N–H and O–H groups in total. The van der Waals surface area contributed by atoms with E-state index in [1.54, 1.807) is 25.5 Å². The standard InChI is InChI=1S/C21H28N2O3/c1-15-13-22(3)16(2)12-19(15)23(21(24)20-6-5-11-26-20)14-17-7-9-18(25-4)10-8-17/h5-11,15-16,19H,12-14H2,1-4H3/p+1/t15-,16+,19-/m1/s1. The fraction of sp³-hybridized carbons (Fsp3) is 0.476. The normalized spacial score (nSPS) is 25.7. The van der Waals surface area contributed by atoms with E-state index in [2.05, 4.69) is 20.9 Å². The van der Waals surface area contributed by atoms with Crippen molar-refractivity contribution in [3.63, 3.8) is 0 Å². The lowest BCUT2D eigenvalue weighted by molar-refractivity contribution is -0.913. The summed E-state index contributed by atoms with van der Waals surface area (Å²) >= 11 is 0. The number of benzene rings is 1. The maximum Gasteiger partial charge on any atom is 0.290 e. The molecule has 1 amide bonds. The maximum absolute atomic E-state index is 13.2. The zero-order valence-corrected chi connectivity index (χ0v) is 16.1. The van der Waals surface area contributed by atoms with Crippen LogP contribution >= 0.6 is 0 Å². The first-order chi connectivity index (χ1) is 12.5. The zero-order valence-electron chi connectivity index (χ0n) is 16.1. The molecule has 5 nitrogen and oxygen atoms in total. The summed E-state index contributed by atoms with van der Waals surface area (Å²) in [5.41, 5.74) is 1.09. The van der Waals surface area contributed by atoms with E-state index in [4.69, 9.17) is 9.15 Å². The van der Waals surface area contributed by atoms with Crippen LogP contribution < -0.4 is 9.64 Å². The lowest BCUT2D eigenvalue weighted by Gasteiger charge is -2.42. The molecular formula is C21H29N2O3+. The van der Waals surface area contributed by atoms with Gasteiger partial charge in [-0.05, 0) is 36.8 Å². The van der Waals surface area contributed by atoms with E-state index >= 15 is 0 Å². The van der Waals surface area contributed by atoms with E-state index in [1.807, 2.05) is 29.2 Å². The molecule has 2 aromatic rings. The second-order valence-electron chi connectivity index (χ2n) is 7.49. The number of amides is 1. The van der Waals surface area contributed by atoms with Crippen LogP contribution in [-0.2, 0) is 6.54 Å². The Balaban J connectivity index is 1.87. The molecule has 0 saturated carbocycles. The summed E-state index contributed by atoms with van der Waals surface area (Å²) in [6.07, 6.45) is 2.55. The molecule has 1 aliphatic rings. The fourth-order valence-corrected chi connectivity index (χ4v) is 3.88. The third-order valence-electron chi connectivity index (χ3n) is 5.64. The number of likely N-dealkylation sites (tertiary alicyclic amines) is 1. The monoisotopic (exact) mass is 357 g/mol. The molecule has 0 aliphatic carbocycles. The first-order valence-electron chi connectivity index (χ1n) is 9.29. The van der Waals surface area contributed by atoms with Crippen LogP contribution in [-0.4, -0.2) is 43.6 Å². The van der Waals surface area contributed by atoms with Gasteiger partial charge < -0.3 is 19.0 Å². The Hall–Kier alpha value is -2.27. The molecule has 1 aromatic carbocycles. The third kappa shape index (κ3) is 3.93. The summed E-state index contributed by atoms with van der Waals surface area (Å²) < 4.78 is 10.6. The van der Waals surface area contributed by atoms with Gasteiger partial charge in [0.15, 0.2) is 5.76 Å². The zero-order chi connectivity index (χ0) is 18.7. The summed E-state index contributed by atoms with van der Waals surface area (Å²) in [6, 6.07) is 12.2. The average Bonchev–Trinajstić information content (AvgIpc) is 3.18. The molecule has 140 valence electrons. The van der Waals surface area contributed by atoms with Crippen LogP contribution in [0.2, 0.25) is 0 Å². The third-order valence-corrected chi connectivity index (χ3v) is 5.64. The molecule has 0 radical (unpaired) electrons. The predicted molar refractivity (Wildman–Crippen MR) is 100 cm³/mol. The molecule has 0 spiro atoms. The van der Waals surface area contributed by atoms with Crippen molar-refractivity contribution in [2.75, 3.05) is 20.7 Å². The maximum atomic E-state index is 13.2. The van der Waals surface area contributed by atoms with Crippen LogP contribution in [0.3, 0.4) is 0 Å². The number of methoxy groups -OCH3 is 1. The smallest absolute Gasteiger partial charge is 0.290 e. The summed E-state index contributed by atoms with van der Waals surface area (Å²) in [5, 5.41) is 0. The highest BCUT2D eigenvalue weighted by molar-refractivity contribution is 5.91. The van der Waals surface area contributed by atoms with Crippen LogP contribution in [0.25, 0.3) is 0 Å². The molecule has 4 atom stereocenters. The average molecular weight is 357 g/mol. The van der Waals surface area contributed by atoms with Gasteiger partial charge in [0.25, 0.3) is 5.91 Å². The summed E-state index contributed by atoms with van der Waals surface area (Å²) in [5.74, 6) is 1.63.